The predicted molar refractivity (Wildman–Crippen MR) is 63.2 cm³/mol. The number of rotatable bonds is 6. The average Bonchev–Trinajstić information content (AvgIpc) is 2.80. The molecule has 1 heterocycles. The number of aromatic nitrogens is 3. The summed E-state index contributed by atoms with van der Waals surface area (Å²) in [4.78, 5) is 22.3. The van der Waals surface area contributed by atoms with Crippen molar-refractivity contribution in [1.82, 2.24) is 25.0 Å². The van der Waals surface area contributed by atoms with Crippen LogP contribution in [0.1, 0.15) is 12.7 Å². The van der Waals surface area contributed by atoms with Gasteiger partial charge in [0.1, 0.15) is 19.4 Å². The smallest absolute Gasteiger partial charge is 0.406 e. The number of amides is 2. The topological polar surface area (TPSA) is 100 Å². The lowest BCUT2D eigenvalue weighted by Crippen LogP contribution is -2.47. The molecular formula is C10H14F3N5O3. The molecule has 21 heavy (non-hydrogen) atoms. The number of halogens is 3. The first-order valence-electron chi connectivity index (χ1n) is 5.91. The molecule has 0 fully saturated rings. The lowest BCUT2D eigenvalue weighted by Gasteiger charge is -2.22. The minimum Gasteiger partial charge on any atom is -0.480 e. The van der Waals surface area contributed by atoms with Crippen LogP contribution in [0.4, 0.5) is 18.0 Å². The number of alkyl halides is 3. The monoisotopic (exact) mass is 309 g/mol. The van der Waals surface area contributed by atoms with Crippen LogP contribution in [-0.2, 0) is 17.9 Å². The van der Waals surface area contributed by atoms with Crippen LogP contribution in [0.3, 0.4) is 0 Å². The summed E-state index contributed by atoms with van der Waals surface area (Å²) in [6.07, 6.45) is -3.28. The summed E-state index contributed by atoms with van der Waals surface area (Å²) in [6.45, 7) is -0.521. The Morgan fingerprint density at radius 3 is 2.67 bits per heavy atom. The van der Waals surface area contributed by atoms with Gasteiger partial charge < -0.3 is 19.9 Å². The van der Waals surface area contributed by atoms with Crippen molar-refractivity contribution in [2.24, 2.45) is 0 Å². The molecule has 0 aromatic carbocycles. The maximum absolute atomic E-state index is 12.3. The summed E-state index contributed by atoms with van der Waals surface area (Å²) >= 11 is 0. The van der Waals surface area contributed by atoms with Crippen LogP contribution in [0.2, 0.25) is 0 Å². The summed E-state index contributed by atoms with van der Waals surface area (Å²) in [5.74, 6) is -1.18. The van der Waals surface area contributed by atoms with Crippen LogP contribution in [0.25, 0.3) is 0 Å². The first-order chi connectivity index (χ1) is 9.73. The second-order valence-electron chi connectivity index (χ2n) is 4.06. The van der Waals surface area contributed by atoms with Gasteiger partial charge in [0, 0.05) is 6.54 Å². The Morgan fingerprint density at radius 1 is 1.48 bits per heavy atom. The van der Waals surface area contributed by atoms with Crippen LogP contribution in [0.5, 0.6) is 0 Å². The van der Waals surface area contributed by atoms with Crippen molar-refractivity contribution in [3.8, 4) is 0 Å². The summed E-state index contributed by atoms with van der Waals surface area (Å²) in [5.41, 5.74) is 0. The molecule has 11 heteroatoms. The van der Waals surface area contributed by atoms with Crippen molar-refractivity contribution in [3.05, 3.63) is 12.2 Å². The van der Waals surface area contributed by atoms with Crippen LogP contribution in [0.15, 0.2) is 6.33 Å². The lowest BCUT2D eigenvalue weighted by molar-refractivity contribution is -0.148. The highest BCUT2D eigenvalue weighted by Gasteiger charge is 2.34. The Bertz CT molecular complexity index is 502. The highest BCUT2D eigenvalue weighted by Crippen LogP contribution is 2.16. The van der Waals surface area contributed by atoms with E-state index < -0.39 is 31.3 Å². The fourth-order valence-electron chi connectivity index (χ4n) is 1.53. The molecule has 0 saturated carbocycles. The average molecular weight is 309 g/mol. The number of aryl methyl sites for hydroxylation is 1. The van der Waals surface area contributed by atoms with Gasteiger partial charge in [-0.1, -0.05) is 0 Å². The van der Waals surface area contributed by atoms with Crippen molar-refractivity contribution in [2.75, 3.05) is 13.1 Å². The number of nitrogens with one attached hydrogen (secondary N) is 1. The van der Waals surface area contributed by atoms with Gasteiger partial charge in [-0.05, 0) is 6.92 Å². The number of aliphatic carboxylic acids is 1. The minimum atomic E-state index is -4.68. The highest BCUT2D eigenvalue weighted by molar-refractivity contribution is 5.80. The van der Waals surface area contributed by atoms with E-state index in [2.05, 4.69) is 15.5 Å². The van der Waals surface area contributed by atoms with Gasteiger partial charge in [0.2, 0.25) is 0 Å². The maximum Gasteiger partial charge on any atom is 0.406 e. The molecule has 0 radical (unpaired) electrons. The van der Waals surface area contributed by atoms with Gasteiger partial charge in [0.25, 0.3) is 0 Å². The van der Waals surface area contributed by atoms with E-state index >= 15 is 0 Å². The Morgan fingerprint density at radius 2 is 2.14 bits per heavy atom. The van der Waals surface area contributed by atoms with Gasteiger partial charge in [0.05, 0.1) is 6.54 Å². The number of nitrogens with zero attached hydrogens (tertiary/aromatic N) is 4. The van der Waals surface area contributed by atoms with Gasteiger partial charge in [-0.3, -0.25) is 4.79 Å². The van der Waals surface area contributed by atoms with Crippen molar-refractivity contribution in [3.63, 3.8) is 0 Å². The molecule has 118 valence electrons. The van der Waals surface area contributed by atoms with Crippen LogP contribution < -0.4 is 5.32 Å². The van der Waals surface area contributed by atoms with Crippen LogP contribution in [0, 0.1) is 0 Å². The minimum absolute atomic E-state index is 0.152. The Kier molecular flexibility index (Phi) is 5.50. The molecule has 2 amide bonds. The molecule has 0 aliphatic heterocycles. The Labute approximate surface area is 117 Å². The van der Waals surface area contributed by atoms with Crippen molar-refractivity contribution >= 4 is 12.0 Å². The van der Waals surface area contributed by atoms with E-state index in [1.807, 2.05) is 0 Å². The SMILES string of the molecule is CCn1cnnc1CNC(=O)N(CC(=O)O)CC(F)(F)F. The second kappa shape index (κ2) is 6.90. The molecule has 0 atom stereocenters. The van der Waals surface area contributed by atoms with E-state index in [1.54, 1.807) is 11.5 Å². The molecule has 0 spiro atoms. The highest BCUT2D eigenvalue weighted by atomic mass is 19.4. The number of urea groups is 1. The largest absolute Gasteiger partial charge is 0.480 e. The summed E-state index contributed by atoms with van der Waals surface area (Å²) < 4.78 is 38.5. The molecule has 0 aliphatic carbocycles. The van der Waals surface area contributed by atoms with Gasteiger partial charge in [0.15, 0.2) is 5.82 Å². The van der Waals surface area contributed by atoms with E-state index in [0.717, 1.165) is 0 Å². The molecule has 0 saturated heterocycles. The maximum atomic E-state index is 12.3. The fourth-order valence-corrected chi connectivity index (χ4v) is 1.53. The quantitative estimate of drug-likeness (QED) is 0.795. The predicted octanol–water partition coefficient (Wildman–Crippen LogP) is 0.457. The molecule has 2 N–H and O–H groups in total. The van der Waals surface area contributed by atoms with Gasteiger partial charge in [-0.2, -0.15) is 13.2 Å². The van der Waals surface area contributed by atoms with Crippen molar-refractivity contribution in [2.45, 2.75) is 26.2 Å². The number of carbonyl (C=O) groups is 2. The first kappa shape index (κ1) is 16.7. The lowest BCUT2D eigenvalue weighted by atomic mass is 10.4. The van der Waals surface area contributed by atoms with Crippen molar-refractivity contribution < 1.29 is 27.9 Å². The standard InChI is InChI=1S/C10H14F3N5O3/c1-2-17-6-15-16-7(17)3-14-9(21)18(4-8(19)20)5-10(11,12)13/h6H,2-5H2,1H3,(H,14,21)(H,19,20). The number of carboxylic acids is 1. The van der Waals surface area contributed by atoms with Crippen LogP contribution in [-0.4, -0.2) is 56.0 Å². The Hall–Kier alpha value is -2.33. The number of carbonyl (C=O) groups excluding carboxylic acids is 1. The molecule has 0 unspecified atom stereocenters. The normalized spacial score (nSPS) is 11.2. The zero-order valence-corrected chi connectivity index (χ0v) is 11.1. The third-order valence-corrected chi connectivity index (χ3v) is 2.42. The van der Waals surface area contributed by atoms with E-state index in [1.165, 1.54) is 6.33 Å². The summed E-state index contributed by atoms with van der Waals surface area (Å²) in [7, 11) is 0. The van der Waals surface area contributed by atoms with Crippen LogP contribution >= 0.6 is 0 Å². The molecular weight excluding hydrogens is 295 g/mol. The van der Waals surface area contributed by atoms with E-state index in [0.29, 0.717) is 12.4 Å². The molecule has 1 rings (SSSR count). The number of carboxylic acid groups (broad SMARTS) is 1. The number of hydrogen-bond donors (Lipinski definition) is 2. The zero-order valence-electron chi connectivity index (χ0n) is 11.1. The van der Waals surface area contributed by atoms with Crippen molar-refractivity contribution in [1.29, 1.82) is 0 Å². The fraction of sp³-hybridized carbons (Fsp3) is 0.600. The number of hydrogen-bond acceptors (Lipinski definition) is 4. The van der Waals surface area contributed by atoms with Gasteiger partial charge >= 0.3 is 18.2 Å². The van der Waals surface area contributed by atoms with E-state index in [9.17, 15) is 22.8 Å². The molecule has 0 bridgehead atoms. The first-order valence-corrected chi connectivity index (χ1v) is 5.91. The zero-order chi connectivity index (χ0) is 16.0. The van der Waals surface area contributed by atoms with E-state index in [4.69, 9.17) is 5.11 Å². The summed E-state index contributed by atoms with van der Waals surface area (Å²) in [6, 6.07) is -1.14. The molecule has 1 aromatic rings. The third-order valence-electron chi connectivity index (χ3n) is 2.42. The van der Waals surface area contributed by atoms with Gasteiger partial charge in [-0.25, -0.2) is 4.79 Å². The molecule has 0 aliphatic rings. The molecule has 8 nitrogen and oxygen atoms in total. The molecule has 1 aromatic heterocycles. The summed E-state index contributed by atoms with van der Waals surface area (Å²) in [5, 5.41) is 18.0. The Balaban J connectivity index is 2.65. The third kappa shape index (κ3) is 5.67. The second-order valence-corrected chi connectivity index (χ2v) is 4.06. The van der Waals surface area contributed by atoms with E-state index in [-0.39, 0.29) is 11.4 Å². The van der Waals surface area contributed by atoms with Gasteiger partial charge in [-0.15, -0.1) is 10.2 Å².